The third kappa shape index (κ3) is 4.03. The van der Waals surface area contributed by atoms with Gasteiger partial charge in [-0.1, -0.05) is 122 Å². The maximum atomic E-state index is 5.57. The number of nitrogens with zero attached hydrogens (tertiary/aromatic N) is 2. The fourth-order valence-electron chi connectivity index (χ4n) is 6.39. The molecular weight excluding hydrogens is 508 g/mol. The van der Waals surface area contributed by atoms with Crippen LogP contribution in [0.1, 0.15) is 23.6 Å². The zero-order chi connectivity index (χ0) is 28.6. The molecule has 2 nitrogen and oxygen atoms in total. The lowest BCUT2D eigenvalue weighted by molar-refractivity contribution is 1.40. The summed E-state index contributed by atoms with van der Waals surface area (Å²) in [5, 5.41) is 10.8. The fourth-order valence-corrected chi connectivity index (χ4v) is 6.39. The number of aliphatic imine (C=N–C) groups is 1. The zero-order valence-corrected chi connectivity index (χ0v) is 23.8. The van der Waals surface area contributed by atoms with Crippen molar-refractivity contribution in [1.29, 1.82) is 0 Å². The lowest BCUT2D eigenvalue weighted by Crippen LogP contribution is -1.99. The van der Waals surface area contributed by atoms with Crippen LogP contribution in [0.3, 0.4) is 0 Å². The third-order valence-corrected chi connectivity index (χ3v) is 8.23. The Balaban J connectivity index is 1.71. The van der Waals surface area contributed by atoms with E-state index in [9.17, 15) is 0 Å². The third-order valence-electron chi connectivity index (χ3n) is 8.23. The molecular formula is C40H30N2. The first-order valence-electron chi connectivity index (χ1n) is 14.3. The van der Waals surface area contributed by atoms with E-state index in [-0.39, 0.29) is 0 Å². The zero-order valence-electron chi connectivity index (χ0n) is 23.8. The summed E-state index contributed by atoms with van der Waals surface area (Å²) in [5.74, 6) is 0. The summed E-state index contributed by atoms with van der Waals surface area (Å²) in [5.41, 5.74) is 6.72. The van der Waals surface area contributed by atoms with Gasteiger partial charge in [0.2, 0.25) is 0 Å². The lowest BCUT2D eigenvalue weighted by atomic mass is 9.85. The maximum Gasteiger partial charge on any atom is 0.0800 e. The molecule has 0 saturated heterocycles. The predicted molar refractivity (Wildman–Crippen MR) is 184 cm³/mol. The van der Waals surface area contributed by atoms with Crippen molar-refractivity contribution in [3.63, 3.8) is 0 Å². The van der Waals surface area contributed by atoms with Gasteiger partial charge in [0.1, 0.15) is 0 Å². The van der Waals surface area contributed by atoms with E-state index in [2.05, 4.69) is 141 Å². The summed E-state index contributed by atoms with van der Waals surface area (Å²) in [6.45, 7) is 8.02. The average molecular weight is 539 g/mol. The SMILES string of the molecule is C=CC=N/C=C/c1c(C)c(/C=C\C)c(-c2nc3c4ccccc4ccc3c3c2ccc2ccccc23)c2ccccc12. The molecule has 0 unspecified atom stereocenters. The molecule has 0 aliphatic rings. The number of pyridine rings is 1. The van der Waals surface area contributed by atoms with E-state index < -0.39 is 0 Å². The lowest BCUT2D eigenvalue weighted by Gasteiger charge is -2.20. The highest BCUT2D eigenvalue weighted by Gasteiger charge is 2.21. The monoisotopic (exact) mass is 538 g/mol. The first kappa shape index (κ1) is 25.6. The molecule has 0 saturated carbocycles. The Labute approximate surface area is 245 Å². The van der Waals surface area contributed by atoms with Crippen molar-refractivity contribution < 1.29 is 0 Å². The predicted octanol–water partition coefficient (Wildman–Crippen LogP) is 11.1. The minimum absolute atomic E-state index is 1.01. The highest BCUT2D eigenvalue weighted by Crippen LogP contribution is 2.44. The van der Waals surface area contributed by atoms with Crippen LogP contribution in [-0.4, -0.2) is 11.2 Å². The Kier molecular flexibility index (Phi) is 6.45. The molecule has 0 spiro atoms. The van der Waals surface area contributed by atoms with E-state index in [0.29, 0.717) is 0 Å². The van der Waals surface area contributed by atoms with Gasteiger partial charge in [-0.25, -0.2) is 4.98 Å². The quantitative estimate of drug-likeness (QED) is 0.158. The molecule has 1 aromatic heterocycles. The normalized spacial score (nSPS) is 12.3. The maximum absolute atomic E-state index is 5.57. The van der Waals surface area contributed by atoms with Crippen molar-refractivity contribution in [3.05, 3.63) is 139 Å². The molecule has 200 valence electrons. The Morgan fingerprint density at radius 3 is 2.02 bits per heavy atom. The number of hydrogen-bond donors (Lipinski definition) is 0. The van der Waals surface area contributed by atoms with Crippen molar-refractivity contribution in [2.75, 3.05) is 0 Å². The summed E-state index contributed by atoms with van der Waals surface area (Å²) < 4.78 is 0. The van der Waals surface area contributed by atoms with Gasteiger partial charge in [-0.05, 0) is 63.5 Å². The van der Waals surface area contributed by atoms with Gasteiger partial charge in [-0.3, -0.25) is 4.99 Å². The molecule has 0 N–H and O–H groups in total. The van der Waals surface area contributed by atoms with Crippen LogP contribution in [0.15, 0.2) is 127 Å². The van der Waals surface area contributed by atoms with Crippen molar-refractivity contribution in [3.8, 4) is 11.3 Å². The molecule has 6 aromatic carbocycles. The van der Waals surface area contributed by atoms with Crippen LogP contribution in [0, 0.1) is 6.92 Å². The number of rotatable bonds is 5. The average Bonchev–Trinajstić information content (AvgIpc) is 3.04. The first-order valence-corrected chi connectivity index (χ1v) is 14.3. The molecule has 0 radical (unpaired) electrons. The number of benzene rings is 6. The molecule has 0 fully saturated rings. The van der Waals surface area contributed by atoms with Crippen molar-refractivity contribution in [2.45, 2.75) is 13.8 Å². The van der Waals surface area contributed by atoms with Gasteiger partial charge in [0, 0.05) is 39.5 Å². The van der Waals surface area contributed by atoms with Crippen LogP contribution in [0.4, 0.5) is 0 Å². The van der Waals surface area contributed by atoms with Crippen LogP contribution >= 0.6 is 0 Å². The van der Waals surface area contributed by atoms with Crippen molar-refractivity contribution in [1.82, 2.24) is 4.98 Å². The largest absolute Gasteiger partial charge is 0.265 e. The summed E-state index contributed by atoms with van der Waals surface area (Å²) in [4.78, 5) is 9.94. The standard InChI is InChI=1S/C40H30N2/c1-4-12-30-26(3)29(23-25-41-24-5-2)33-17-10-11-18-34(33)38(30)40-36-22-19-27-13-6-8-15-31(27)37(36)35-21-20-28-14-7-9-16-32(28)39(35)42-40/h4-25H,2H2,1,3H3/b12-4-,25-23+,41-24?. The molecule has 0 aliphatic carbocycles. The summed E-state index contributed by atoms with van der Waals surface area (Å²) in [7, 11) is 0. The van der Waals surface area contributed by atoms with E-state index in [0.717, 1.165) is 27.7 Å². The molecule has 0 aliphatic heterocycles. The Morgan fingerprint density at radius 2 is 1.29 bits per heavy atom. The second kappa shape index (κ2) is 10.6. The molecule has 7 aromatic rings. The number of fused-ring (bicyclic) bond motifs is 8. The fraction of sp³-hybridized carbons (Fsp3) is 0.0500. The molecule has 1 heterocycles. The number of hydrogen-bond acceptors (Lipinski definition) is 2. The van der Waals surface area contributed by atoms with Gasteiger partial charge in [0.05, 0.1) is 11.2 Å². The second-order valence-corrected chi connectivity index (χ2v) is 10.6. The van der Waals surface area contributed by atoms with Crippen molar-refractivity contribution >= 4 is 72.4 Å². The van der Waals surface area contributed by atoms with Gasteiger partial charge in [-0.15, -0.1) is 0 Å². The van der Waals surface area contributed by atoms with E-state index in [4.69, 9.17) is 4.98 Å². The van der Waals surface area contributed by atoms with Gasteiger partial charge in [0.25, 0.3) is 0 Å². The summed E-state index contributed by atoms with van der Waals surface area (Å²) >= 11 is 0. The van der Waals surface area contributed by atoms with E-state index in [1.807, 2.05) is 6.20 Å². The van der Waals surface area contributed by atoms with Crippen LogP contribution in [0.2, 0.25) is 0 Å². The highest BCUT2D eigenvalue weighted by molar-refractivity contribution is 6.27. The molecule has 2 heteroatoms. The Hall–Kier alpha value is -5.34. The van der Waals surface area contributed by atoms with Gasteiger partial charge in [0.15, 0.2) is 0 Å². The summed E-state index contributed by atoms with van der Waals surface area (Å²) in [6, 6.07) is 34.9. The first-order chi connectivity index (χ1) is 20.7. The molecule has 0 atom stereocenters. The molecule has 42 heavy (non-hydrogen) atoms. The van der Waals surface area contributed by atoms with Gasteiger partial charge in [-0.2, -0.15) is 0 Å². The van der Waals surface area contributed by atoms with Crippen LogP contribution in [0.25, 0.3) is 77.4 Å². The second-order valence-electron chi connectivity index (χ2n) is 10.6. The molecule has 0 bridgehead atoms. The number of allylic oxidation sites excluding steroid dienone is 2. The Bertz CT molecular complexity index is 2280. The van der Waals surface area contributed by atoms with E-state index in [1.54, 1.807) is 12.3 Å². The van der Waals surface area contributed by atoms with Gasteiger partial charge >= 0.3 is 0 Å². The number of aromatic nitrogens is 1. The Morgan fingerprint density at radius 1 is 0.643 bits per heavy atom. The van der Waals surface area contributed by atoms with Crippen LogP contribution in [0.5, 0.6) is 0 Å². The van der Waals surface area contributed by atoms with E-state index >= 15 is 0 Å². The minimum Gasteiger partial charge on any atom is -0.265 e. The molecule has 0 amide bonds. The minimum atomic E-state index is 1.01. The van der Waals surface area contributed by atoms with Crippen molar-refractivity contribution in [2.24, 2.45) is 4.99 Å². The highest BCUT2D eigenvalue weighted by atomic mass is 14.7. The van der Waals surface area contributed by atoms with Gasteiger partial charge < -0.3 is 0 Å². The van der Waals surface area contributed by atoms with Crippen LogP contribution in [-0.2, 0) is 0 Å². The summed E-state index contributed by atoms with van der Waals surface area (Å²) in [6.07, 6.45) is 11.7. The topological polar surface area (TPSA) is 25.2 Å². The molecule has 7 rings (SSSR count). The van der Waals surface area contributed by atoms with E-state index in [1.165, 1.54) is 54.2 Å². The smallest absolute Gasteiger partial charge is 0.0800 e. The van der Waals surface area contributed by atoms with Crippen LogP contribution < -0.4 is 0 Å².